The molecule has 23 heavy (non-hydrogen) atoms. The molecular formula is C15H26N4O3S. The van der Waals surface area contributed by atoms with Crippen molar-refractivity contribution >= 4 is 16.0 Å². The molecule has 0 spiro atoms. The van der Waals surface area contributed by atoms with Crippen molar-refractivity contribution in [3.63, 3.8) is 0 Å². The van der Waals surface area contributed by atoms with Gasteiger partial charge in [0.05, 0.1) is 18.0 Å². The van der Waals surface area contributed by atoms with E-state index in [1.165, 1.54) is 18.4 Å². The van der Waals surface area contributed by atoms with Crippen molar-refractivity contribution in [2.75, 3.05) is 40.9 Å². The van der Waals surface area contributed by atoms with Crippen LogP contribution < -0.4 is 10.6 Å². The third-order valence-corrected chi connectivity index (χ3v) is 4.89. The molecule has 0 aromatic heterocycles. The van der Waals surface area contributed by atoms with E-state index in [0.717, 1.165) is 12.1 Å². The van der Waals surface area contributed by atoms with E-state index in [-0.39, 0.29) is 4.90 Å². The van der Waals surface area contributed by atoms with Gasteiger partial charge in [0.2, 0.25) is 10.0 Å². The molecule has 130 valence electrons. The number of sulfonamides is 1. The fraction of sp³-hybridized carbons (Fsp3) is 0.533. The third kappa shape index (κ3) is 6.17. The molecule has 0 aliphatic carbocycles. The Morgan fingerprint density at radius 3 is 2.39 bits per heavy atom. The van der Waals surface area contributed by atoms with E-state index in [1.54, 1.807) is 31.4 Å². The number of guanidine groups is 1. The standard InChI is InChI=1S/C15H26N4O3S/c1-5-16-15(17-10-11-22-4)18-12-13-6-8-14(9-7-13)23(20,21)19(2)3/h6-9H,5,10-12H2,1-4H3,(H2,16,17,18). The average molecular weight is 342 g/mol. The number of benzene rings is 1. The van der Waals surface area contributed by atoms with Crippen LogP contribution in [0.5, 0.6) is 0 Å². The maximum atomic E-state index is 12.0. The predicted molar refractivity (Wildman–Crippen MR) is 92.0 cm³/mol. The summed E-state index contributed by atoms with van der Waals surface area (Å²) < 4.78 is 30.2. The summed E-state index contributed by atoms with van der Waals surface area (Å²) in [4.78, 5) is 4.74. The SMILES string of the molecule is CCNC(=NCc1ccc(S(=O)(=O)N(C)C)cc1)NCCOC. The molecule has 1 aromatic carbocycles. The van der Waals surface area contributed by atoms with Gasteiger partial charge in [-0.05, 0) is 24.6 Å². The summed E-state index contributed by atoms with van der Waals surface area (Å²) in [6, 6.07) is 6.76. The molecule has 7 nitrogen and oxygen atoms in total. The Morgan fingerprint density at radius 1 is 1.22 bits per heavy atom. The lowest BCUT2D eigenvalue weighted by Crippen LogP contribution is -2.38. The van der Waals surface area contributed by atoms with Gasteiger partial charge < -0.3 is 15.4 Å². The van der Waals surface area contributed by atoms with Gasteiger partial charge in [-0.3, -0.25) is 0 Å². The van der Waals surface area contributed by atoms with Crippen LogP contribution >= 0.6 is 0 Å². The van der Waals surface area contributed by atoms with Crippen molar-refractivity contribution in [2.24, 2.45) is 4.99 Å². The summed E-state index contributed by atoms with van der Waals surface area (Å²) in [5, 5.41) is 6.30. The van der Waals surface area contributed by atoms with Crippen LogP contribution in [0, 0.1) is 0 Å². The van der Waals surface area contributed by atoms with Crippen LogP contribution in [0.1, 0.15) is 12.5 Å². The van der Waals surface area contributed by atoms with Crippen molar-refractivity contribution in [1.82, 2.24) is 14.9 Å². The minimum absolute atomic E-state index is 0.278. The average Bonchev–Trinajstić information content (AvgIpc) is 2.53. The Hall–Kier alpha value is -1.64. The highest BCUT2D eigenvalue weighted by Crippen LogP contribution is 2.14. The lowest BCUT2D eigenvalue weighted by atomic mass is 10.2. The van der Waals surface area contributed by atoms with Crippen molar-refractivity contribution in [3.05, 3.63) is 29.8 Å². The van der Waals surface area contributed by atoms with Gasteiger partial charge in [-0.1, -0.05) is 12.1 Å². The van der Waals surface area contributed by atoms with Crippen LogP contribution in [-0.4, -0.2) is 59.6 Å². The number of hydrogen-bond acceptors (Lipinski definition) is 4. The maximum Gasteiger partial charge on any atom is 0.242 e. The van der Waals surface area contributed by atoms with Gasteiger partial charge in [-0.25, -0.2) is 17.7 Å². The van der Waals surface area contributed by atoms with E-state index in [2.05, 4.69) is 15.6 Å². The Kier molecular flexibility index (Phi) is 8.01. The normalized spacial score (nSPS) is 12.5. The molecular weight excluding hydrogens is 316 g/mol. The highest BCUT2D eigenvalue weighted by atomic mass is 32.2. The quantitative estimate of drug-likeness (QED) is 0.411. The summed E-state index contributed by atoms with van der Waals surface area (Å²) in [5.74, 6) is 0.703. The minimum atomic E-state index is -3.39. The first-order chi connectivity index (χ1) is 10.9. The van der Waals surface area contributed by atoms with Gasteiger partial charge >= 0.3 is 0 Å². The van der Waals surface area contributed by atoms with Crippen molar-refractivity contribution in [1.29, 1.82) is 0 Å². The first kappa shape index (κ1) is 19.4. The summed E-state index contributed by atoms with van der Waals surface area (Å²) in [5.41, 5.74) is 0.937. The molecule has 0 fully saturated rings. The molecule has 0 aliphatic rings. The van der Waals surface area contributed by atoms with Crippen molar-refractivity contribution < 1.29 is 13.2 Å². The molecule has 0 unspecified atom stereocenters. The molecule has 0 bridgehead atoms. The highest BCUT2D eigenvalue weighted by Gasteiger charge is 2.16. The van der Waals surface area contributed by atoms with Crippen LogP contribution in [0.25, 0.3) is 0 Å². The van der Waals surface area contributed by atoms with Gasteiger partial charge in [0.15, 0.2) is 5.96 Å². The molecule has 0 atom stereocenters. The Labute approximate surface area is 138 Å². The number of hydrogen-bond donors (Lipinski definition) is 2. The summed E-state index contributed by atoms with van der Waals surface area (Å²) in [7, 11) is 1.29. The number of nitrogens with zero attached hydrogens (tertiary/aromatic N) is 2. The molecule has 1 aromatic rings. The largest absolute Gasteiger partial charge is 0.383 e. The van der Waals surface area contributed by atoms with Crippen molar-refractivity contribution in [3.8, 4) is 0 Å². The molecule has 1 rings (SSSR count). The second-order valence-electron chi connectivity index (χ2n) is 5.05. The zero-order chi connectivity index (χ0) is 17.3. The minimum Gasteiger partial charge on any atom is -0.383 e. The van der Waals surface area contributed by atoms with Gasteiger partial charge in [0.25, 0.3) is 0 Å². The topological polar surface area (TPSA) is 83.0 Å². The molecule has 2 N–H and O–H groups in total. The molecule has 0 heterocycles. The fourth-order valence-corrected chi connectivity index (χ4v) is 2.66. The lowest BCUT2D eigenvalue weighted by molar-refractivity contribution is 0.203. The van der Waals surface area contributed by atoms with Crippen molar-refractivity contribution in [2.45, 2.75) is 18.4 Å². The van der Waals surface area contributed by atoms with Crippen LogP contribution in [0.4, 0.5) is 0 Å². The fourth-order valence-electron chi connectivity index (χ4n) is 1.76. The number of rotatable bonds is 8. The highest BCUT2D eigenvalue weighted by molar-refractivity contribution is 7.89. The van der Waals surface area contributed by atoms with Gasteiger partial charge in [-0.15, -0.1) is 0 Å². The molecule has 0 amide bonds. The summed E-state index contributed by atoms with van der Waals surface area (Å²) in [6.07, 6.45) is 0. The third-order valence-electron chi connectivity index (χ3n) is 3.06. The molecule has 8 heteroatoms. The maximum absolute atomic E-state index is 12.0. The zero-order valence-corrected chi connectivity index (χ0v) is 15.0. The number of nitrogens with one attached hydrogen (secondary N) is 2. The second-order valence-corrected chi connectivity index (χ2v) is 7.20. The van der Waals surface area contributed by atoms with E-state index < -0.39 is 10.0 Å². The van der Waals surface area contributed by atoms with E-state index >= 15 is 0 Å². The van der Waals surface area contributed by atoms with E-state index in [1.807, 2.05) is 6.92 Å². The first-order valence-corrected chi connectivity index (χ1v) is 8.88. The Morgan fingerprint density at radius 2 is 1.87 bits per heavy atom. The number of methoxy groups -OCH3 is 1. The van der Waals surface area contributed by atoms with Crippen LogP contribution in [0.15, 0.2) is 34.2 Å². The van der Waals surface area contributed by atoms with E-state index in [9.17, 15) is 8.42 Å². The number of aliphatic imine (C=N–C) groups is 1. The lowest BCUT2D eigenvalue weighted by Gasteiger charge is -2.12. The Bertz CT molecular complexity index is 598. The van der Waals surface area contributed by atoms with Gasteiger partial charge in [-0.2, -0.15) is 0 Å². The van der Waals surface area contributed by atoms with Crippen LogP contribution in [0.3, 0.4) is 0 Å². The molecule has 0 aliphatic heterocycles. The predicted octanol–water partition coefficient (Wildman–Crippen LogP) is 0.638. The number of ether oxygens (including phenoxy) is 1. The second kappa shape index (κ2) is 9.49. The summed E-state index contributed by atoms with van der Waals surface area (Å²) >= 11 is 0. The van der Waals surface area contributed by atoms with Crippen LogP contribution in [-0.2, 0) is 21.3 Å². The Balaban J connectivity index is 2.74. The monoisotopic (exact) mass is 342 g/mol. The first-order valence-electron chi connectivity index (χ1n) is 7.44. The smallest absolute Gasteiger partial charge is 0.242 e. The van der Waals surface area contributed by atoms with E-state index in [0.29, 0.717) is 25.7 Å². The zero-order valence-electron chi connectivity index (χ0n) is 14.2. The van der Waals surface area contributed by atoms with Gasteiger partial charge in [0, 0.05) is 34.3 Å². The molecule has 0 saturated carbocycles. The summed E-state index contributed by atoms with van der Waals surface area (Å²) in [6.45, 7) is 4.49. The van der Waals surface area contributed by atoms with Crippen LogP contribution in [0.2, 0.25) is 0 Å². The molecule has 0 radical (unpaired) electrons. The molecule has 0 saturated heterocycles. The van der Waals surface area contributed by atoms with E-state index in [4.69, 9.17) is 4.74 Å². The van der Waals surface area contributed by atoms with Gasteiger partial charge in [0.1, 0.15) is 0 Å².